The van der Waals surface area contributed by atoms with Gasteiger partial charge in [-0.05, 0) is 43.3 Å². The molecule has 0 amide bonds. The third kappa shape index (κ3) is 2.30. The van der Waals surface area contributed by atoms with E-state index in [0.717, 1.165) is 27.1 Å². The molecule has 0 fully saturated rings. The predicted octanol–water partition coefficient (Wildman–Crippen LogP) is 2.15. The van der Waals surface area contributed by atoms with E-state index in [2.05, 4.69) is 15.2 Å². The van der Waals surface area contributed by atoms with Gasteiger partial charge in [0.25, 0.3) is 0 Å². The first-order valence-corrected chi connectivity index (χ1v) is 5.40. The fraction of sp³-hybridized carbons (Fsp3) is 0.200. The number of anilines is 1. The summed E-state index contributed by atoms with van der Waals surface area (Å²) in [5.41, 5.74) is 7.70. The highest BCUT2D eigenvalue weighted by molar-refractivity contribution is 7.99. The van der Waals surface area contributed by atoms with Crippen LogP contribution in [0.25, 0.3) is 0 Å². The first-order valence-electron chi connectivity index (χ1n) is 4.58. The van der Waals surface area contributed by atoms with Crippen LogP contribution in [0.4, 0.5) is 5.69 Å². The monoisotopic (exact) mass is 220 g/mol. The average Bonchev–Trinajstić information content (AvgIpc) is 2.58. The van der Waals surface area contributed by atoms with Gasteiger partial charge in [0.1, 0.15) is 5.82 Å². The number of hydrogen-bond acceptors (Lipinski definition) is 4. The number of H-pyrrole nitrogens is 1. The average molecular weight is 220 g/mol. The summed E-state index contributed by atoms with van der Waals surface area (Å²) in [5.74, 6) is 0.817. The van der Waals surface area contributed by atoms with E-state index < -0.39 is 0 Å². The number of aromatic amines is 1. The maximum absolute atomic E-state index is 5.82. The highest BCUT2D eigenvalue weighted by atomic mass is 32.2. The van der Waals surface area contributed by atoms with Gasteiger partial charge in [-0.3, -0.25) is 5.10 Å². The van der Waals surface area contributed by atoms with E-state index in [9.17, 15) is 0 Å². The maximum atomic E-state index is 5.82. The Balaban J connectivity index is 2.21. The molecule has 0 atom stereocenters. The third-order valence-corrected chi connectivity index (χ3v) is 2.89. The number of aryl methyl sites for hydroxylation is 2. The Labute approximate surface area is 92.3 Å². The number of benzene rings is 1. The second-order valence-electron chi connectivity index (χ2n) is 3.32. The van der Waals surface area contributed by atoms with Crippen molar-refractivity contribution in [3.63, 3.8) is 0 Å². The first-order chi connectivity index (χ1) is 7.15. The van der Waals surface area contributed by atoms with Crippen LogP contribution in [0.2, 0.25) is 0 Å². The molecular weight excluding hydrogens is 208 g/mol. The van der Waals surface area contributed by atoms with Gasteiger partial charge in [-0.25, -0.2) is 4.98 Å². The molecule has 15 heavy (non-hydrogen) atoms. The minimum absolute atomic E-state index is 0.718. The lowest BCUT2D eigenvalue weighted by Crippen LogP contribution is -1.89. The SMILES string of the molecule is Cc1nc(Sc2ccc(C)c(N)c2)n[nH]1. The van der Waals surface area contributed by atoms with Crippen molar-refractivity contribution in [2.24, 2.45) is 0 Å². The van der Waals surface area contributed by atoms with Crippen molar-refractivity contribution in [1.82, 2.24) is 15.2 Å². The van der Waals surface area contributed by atoms with Gasteiger partial charge < -0.3 is 5.73 Å². The smallest absolute Gasteiger partial charge is 0.213 e. The van der Waals surface area contributed by atoms with Gasteiger partial charge >= 0.3 is 0 Å². The van der Waals surface area contributed by atoms with Crippen LogP contribution in [-0.4, -0.2) is 15.2 Å². The summed E-state index contributed by atoms with van der Waals surface area (Å²) < 4.78 is 0. The molecule has 5 heteroatoms. The molecular formula is C10H12N4S. The summed E-state index contributed by atoms with van der Waals surface area (Å²) in [6, 6.07) is 5.95. The topological polar surface area (TPSA) is 67.6 Å². The Morgan fingerprint density at radius 3 is 2.73 bits per heavy atom. The molecule has 0 aliphatic carbocycles. The number of nitrogens with zero attached hydrogens (tertiary/aromatic N) is 2. The predicted molar refractivity (Wildman–Crippen MR) is 60.8 cm³/mol. The first kappa shape index (κ1) is 10.0. The summed E-state index contributed by atoms with van der Waals surface area (Å²) in [6.07, 6.45) is 0. The number of rotatable bonds is 2. The second-order valence-corrected chi connectivity index (χ2v) is 4.36. The van der Waals surface area contributed by atoms with Crippen molar-refractivity contribution < 1.29 is 0 Å². The van der Waals surface area contributed by atoms with Crippen LogP contribution in [0.5, 0.6) is 0 Å². The molecule has 2 rings (SSSR count). The molecule has 0 radical (unpaired) electrons. The van der Waals surface area contributed by atoms with Crippen molar-refractivity contribution in [2.45, 2.75) is 23.9 Å². The molecule has 1 aromatic heterocycles. The molecule has 0 saturated heterocycles. The lowest BCUT2D eigenvalue weighted by molar-refractivity contribution is 0.969. The van der Waals surface area contributed by atoms with E-state index in [1.54, 1.807) is 0 Å². The van der Waals surface area contributed by atoms with Gasteiger partial charge in [-0.1, -0.05) is 6.07 Å². The number of nitrogens with two attached hydrogens (primary N) is 1. The quantitative estimate of drug-likeness (QED) is 0.761. The van der Waals surface area contributed by atoms with Gasteiger partial charge in [-0.15, -0.1) is 5.10 Å². The second kappa shape index (κ2) is 3.94. The Morgan fingerprint density at radius 2 is 2.13 bits per heavy atom. The summed E-state index contributed by atoms with van der Waals surface area (Å²) in [7, 11) is 0. The molecule has 0 saturated carbocycles. The Hall–Kier alpha value is -1.49. The molecule has 0 aliphatic rings. The summed E-state index contributed by atoms with van der Waals surface area (Å²) in [4.78, 5) is 5.27. The van der Waals surface area contributed by atoms with E-state index in [-0.39, 0.29) is 0 Å². The highest BCUT2D eigenvalue weighted by Crippen LogP contribution is 2.27. The highest BCUT2D eigenvalue weighted by Gasteiger charge is 2.03. The molecule has 0 bridgehead atoms. The van der Waals surface area contributed by atoms with Crippen molar-refractivity contribution in [1.29, 1.82) is 0 Å². The molecule has 0 spiro atoms. The van der Waals surface area contributed by atoms with Gasteiger partial charge in [0.05, 0.1) is 0 Å². The van der Waals surface area contributed by atoms with E-state index in [4.69, 9.17) is 5.73 Å². The molecule has 0 unspecified atom stereocenters. The lowest BCUT2D eigenvalue weighted by Gasteiger charge is -2.01. The number of aromatic nitrogens is 3. The van der Waals surface area contributed by atoms with Crippen LogP contribution in [0.3, 0.4) is 0 Å². The molecule has 1 aromatic carbocycles. The molecule has 2 aromatic rings. The van der Waals surface area contributed by atoms with Crippen molar-refractivity contribution >= 4 is 17.4 Å². The number of nitrogens with one attached hydrogen (secondary N) is 1. The van der Waals surface area contributed by atoms with Gasteiger partial charge in [0.2, 0.25) is 5.16 Å². The third-order valence-electron chi connectivity index (χ3n) is 2.04. The van der Waals surface area contributed by atoms with E-state index in [1.807, 2.05) is 32.0 Å². The van der Waals surface area contributed by atoms with Crippen LogP contribution in [-0.2, 0) is 0 Å². The Bertz CT molecular complexity index is 478. The number of nitrogen functional groups attached to an aromatic ring is 1. The zero-order chi connectivity index (χ0) is 10.8. The van der Waals surface area contributed by atoms with Crippen LogP contribution in [0.15, 0.2) is 28.3 Å². The van der Waals surface area contributed by atoms with Crippen LogP contribution >= 0.6 is 11.8 Å². The van der Waals surface area contributed by atoms with Crippen LogP contribution in [0.1, 0.15) is 11.4 Å². The van der Waals surface area contributed by atoms with Crippen molar-refractivity contribution in [3.05, 3.63) is 29.6 Å². The lowest BCUT2D eigenvalue weighted by atomic mass is 10.2. The molecule has 4 nitrogen and oxygen atoms in total. The van der Waals surface area contributed by atoms with Gasteiger partial charge in [-0.2, -0.15) is 0 Å². The fourth-order valence-electron chi connectivity index (χ4n) is 1.16. The largest absolute Gasteiger partial charge is 0.398 e. The minimum atomic E-state index is 0.718. The molecule has 3 N–H and O–H groups in total. The normalized spacial score (nSPS) is 10.5. The van der Waals surface area contributed by atoms with Crippen LogP contribution in [0, 0.1) is 13.8 Å². The maximum Gasteiger partial charge on any atom is 0.213 e. The van der Waals surface area contributed by atoms with E-state index in [0.29, 0.717) is 0 Å². The summed E-state index contributed by atoms with van der Waals surface area (Å²) in [5, 5.41) is 7.57. The van der Waals surface area contributed by atoms with Crippen molar-refractivity contribution in [3.8, 4) is 0 Å². The van der Waals surface area contributed by atoms with Gasteiger partial charge in [0.15, 0.2) is 0 Å². The number of hydrogen-bond donors (Lipinski definition) is 2. The van der Waals surface area contributed by atoms with Crippen LogP contribution < -0.4 is 5.73 Å². The zero-order valence-electron chi connectivity index (χ0n) is 8.61. The molecule has 0 aliphatic heterocycles. The summed E-state index contributed by atoms with van der Waals surface area (Å²) >= 11 is 1.50. The Kier molecular flexibility index (Phi) is 2.64. The fourth-order valence-corrected chi connectivity index (χ4v) is 1.96. The van der Waals surface area contributed by atoms with Gasteiger partial charge in [0, 0.05) is 10.6 Å². The van der Waals surface area contributed by atoms with E-state index >= 15 is 0 Å². The van der Waals surface area contributed by atoms with Crippen molar-refractivity contribution in [2.75, 3.05) is 5.73 Å². The Morgan fingerprint density at radius 1 is 1.33 bits per heavy atom. The molecule has 78 valence electrons. The molecule has 1 heterocycles. The summed E-state index contributed by atoms with van der Waals surface area (Å²) in [6.45, 7) is 3.86. The standard InChI is InChI=1S/C10H12N4S/c1-6-3-4-8(5-9(6)11)15-10-12-7(2)13-14-10/h3-5H,11H2,1-2H3,(H,12,13,14). The zero-order valence-corrected chi connectivity index (χ0v) is 9.43. The minimum Gasteiger partial charge on any atom is -0.398 e. The van der Waals surface area contributed by atoms with E-state index in [1.165, 1.54) is 11.8 Å².